The molecule has 0 bridgehead atoms. The number of carbonyl (C=O) groups excluding carboxylic acids is 5. The molecular weight excluding hydrogens is 522 g/mol. The van der Waals surface area contributed by atoms with Crippen molar-refractivity contribution in [3.05, 3.63) is 54.2 Å². The summed E-state index contributed by atoms with van der Waals surface area (Å²) in [7, 11) is 1.12. The number of ether oxygens (including phenoxy) is 1. The second-order valence-electron chi connectivity index (χ2n) is 9.38. The molecule has 0 radical (unpaired) electrons. The van der Waals surface area contributed by atoms with Crippen LogP contribution in [0.15, 0.2) is 43.0 Å². The van der Waals surface area contributed by atoms with Gasteiger partial charge < -0.3 is 41.1 Å². The smallest absolute Gasteiger partial charge is 0.330 e. The highest BCUT2D eigenvalue weighted by atomic mass is 16.5. The molecule has 3 heterocycles. The molecule has 1 saturated heterocycles. The lowest BCUT2D eigenvalue weighted by atomic mass is 10.0. The van der Waals surface area contributed by atoms with Gasteiger partial charge in [0.25, 0.3) is 0 Å². The standard InChI is InChI=1S/C26H31N7O7/c1-40-26(39)21(12-34)33-24(37)19(8-14-10-28-17-5-3-2-4-16(14)17)31-25(38)20(9-15-11-27-13-29-15)32-23(36)18-6-7-22(35)30-18/h2-5,10-11,13,18-21,28,34H,6-9,12H2,1H3,(H,27,29)(H,30,35)(H,31,38)(H,32,36)(H,33,37)/t18-,19-,20-,21-/m0/s1. The van der Waals surface area contributed by atoms with E-state index < -0.39 is 54.5 Å². The van der Waals surface area contributed by atoms with Gasteiger partial charge in [0.05, 0.1) is 25.7 Å². The third kappa shape index (κ3) is 6.83. The summed E-state index contributed by atoms with van der Waals surface area (Å²) >= 11 is 0. The molecule has 4 amide bonds. The second kappa shape index (κ2) is 12.9. The highest BCUT2D eigenvalue weighted by molar-refractivity contribution is 5.96. The van der Waals surface area contributed by atoms with E-state index in [1.54, 1.807) is 12.4 Å². The van der Waals surface area contributed by atoms with E-state index in [0.717, 1.165) is 23.6 Å². The third-order valence-corrected chi connectivity index (χ3v) is 6.63. The monoisotopic (exact) mass is 553 g/mol. The highest BCUT2D eigenvalue weighted by Crippen LogP contribution is 2.19. The molecule has 40 heavy (non-hydrogen) atoms. The SMILES string of the molecule is COC(=O)[C@H](CO)NC(=O)[C@H](Cc1c[nH]c2ccccc12)NC(=O)[C@H](Cc1c[nH]cn1)NC(=O)[C@@H]1CCC(=O)N1. The fraction of sp³-hybridized carbons (Fsp3) is 0.385. The van der Waals surface area contributed by atoms with Crippen LogP contribution in [-0.4, -0.2) is 87.5 Å². The van der Waals surface area contributed by atoms with Gasteiger partial charge in [0.2, 0.25) is 23.6 Å². The number of para-hydroxylation sites is 1. The van der Waals surface area contributed by atoms with Crippen molar-refractivity contribution in [2.45, 2.75) is 49.9 Å². The summed E-state index contributed by atoms with van der Waals surface area (Å²) in [5, 5.41) is 20.8. The number of hydrogen-bond donors (Lipinski definition) is 7. The maximum absolute atomic E-state index is 13.6. The average molecular weight is 554 g/mol. The first-order valence-corrected chi connectivity index (χ1v) is 12.7. The number of rotatable bonds is 12. The molecule has 14 nitrogen and oxygen atoms in total. The molecule has 1 aliphatic heterocycles. The van der Waals surface area contributed by atoms with Crippen LogP contribution in [0.5, 0.6) is 0 Å². The number of amides is 4. The quantitative estimate of drug-likeness (QED) is 0.132. The van der Waals surface area contributed by atoms with Crippen molar-refractivity contribution in [2.24, 2.45) is 0 Å². The summed E-state index contributed by atoms with van der Waals surface area (Å²) in [6, 6.07) is 2.96. The molecule has 1 fully saturated rings. The van der Waals surface area contributed by atoms with Crippen LogP contribution in [-0.2, 0) is 41.6 Å². The Labute approximate surface area is 228 Å². The predicted molar refractivity (Wildman–Crippen MR) is 140 cm³/mol. The van der Waals surface area contributed by atoms with E-state index >= 15 is 0 Å². The summed E-state index contributed by atoms with van der Waals surface area (Å²) in [6.45, 7) is -0.711. The second-order valence-corrected chi connectivity index (χ2v) is 9.38. The maximum Gasteiger partial charge on any atom is 0.330 e. The van der Waals surface area contributed by atoms with Crippen molar-refractivity contribution in [1.29, 1.82) is 0 Å². The van der Waals surface area contributed by atoms with Gasteiger partial charge in [0, 0.05) is 42.6 Å². The van der Waals surface area contributed by atoms with Crippen LogP contribution in [0.4, 0.5) is 0 Å². The zero-order chi connectivity index (χ0) is 28.6. The topological polar surface area (TPSA) is 207 Å². The van der Waals surface area contributed by atoms with Crippen LogP contribution in [0.3, 0.4) is 0 Å². The van der Waals surface area contributed by atoms with Gasteiger partial charge in [-0.2, -0.15) is 0 Å². The van der Waals surface area contributed by atoms with Crippen LogP contribution in [0.1, 0.15) is 24.1 Å². The largest absolute Gasteiger partial charge is 0.467 e. The molecule has 4 atom stereocenters. The van der Waals surface area contributed by atoms with Gasteiger partial charge in [0.1, 0.15) is 18.1 Å². The summed E-state index contributed by atoms with van der Waals surface area (Å²) in [4.78, 5) is 73.4. The summed E-state index contributed by atoms with van der Waals surface area (Å²) in [5.74, 6) is -3.07. The van der Waals surface area contributed by atoms with Crippen molar-refractivity contribution < 1.29 is 33.8 Å². The molecule has 0 aliphatic carbocycles. The van der Waals surface area contributed by atoms with Crippen molar-refractivity contribution in [3.8, 4) is 0 Å². The van der Waals surface area contributed by atoms with Crippen LogP contribution in [0, 0.1) is 0 Å². The first kappa shape index (κ1) is 28.3. The van der Waals surface area contributed by atoms with Crippen LogP contribution in [0.2, 0.25) is 0 Å². The fourth-order valence-electron chi connectivity index (χ4n) is 4.50. The number of aromatic amines is 2. The minimum Gasteiger partial charge on any atom is -0.467 e. The van der Waals surface area contributed by atoms with E-state index in [1.165, 1.54) is 6.33 Å². The minimum atomic E-state index is -1.34. The van der Waals surface area contributed by atoms with Gasteiger partial charge in [-0.3, -0.25) is 19.2 Å². The van der Waals surface area contributed by atoms with Gasteiger partial charge in [-0.15, -0.1) is 0 Å². The number of aliphatic hydroxyl groups is 1. The highest BCUT2D eigenvalue weighted by Gasteiger charge is 2.33. The normalized spacial score (nSPS) is 16.9. The number of methoxy groups -OCH3 is 1. The molecule has 3 aromatic rings. The first-order chi connectivity index (χ1) is 19.3. The Bertz CT molecular complexity index is 1370. The Morgan fingerprint density at radius 2 is 1.77 bits per heavy atom. The number of nitrogens with zero attached hydrogens (tertiary/aromatic N) is 1. The molecule has 4 rings (SSSR count). The molecule has 0 spiro atoms. The van der Waals surface area contributed by atoms with Crippen LogP contribution in [0.25, 0.3) is 10.9 Å². The molecule has 0 unspecified atom stereocenters. The molecule has 1 aromatic carbocycles. The van der Waals surface area contributed by atoms with E-state index in [0.29, 0.717) is 12.1 Å². The molecule has 1 aliphatic rings. The zero-order valence-electron chi connectivity index (χ0n) is 21.7. The van der Waals surface area contributed by atoms with Crippen LogP contribution >= 0.6 is 0 Å². The molecule has 0 saturated carbocycles. The number of aromatic nitrogens is 3. The van der Waals surface area contributed by atoms with E-state index in [9.17, 15) is 29.1 Å². The summed E-state index contributed by atoms with van der Waals surface area (Å²) in [6.07, 6.45) is 5.25. The third-order valence-electron chi connectivity index (χ3n) is 6.63. The first-order valence-electron chi connectivity index (χ1n) is 12.7. The molecular formula is C26H31N7O7. The van der Waals surface area contributed by atoms with Crippen molar-refractivity contribution in [2.75, 3.05) is 13.7 Å². The average Bonchev–Trinajstić information content (AvgIpc) is 3.72. The number of esters is 1. The Morgan fingerprint density at radius 1 is 1.05 bits per heavy atom. The molecule has 7 N–H and O–H groups in total. The number of H-pyrrole nitrogens is 2. The number of imidazole rings is 1. The Morgan fingerprint density at radius 3 is 2.42 bits per heavy atom. The van der Waals surface area contributed by atoms with Gasteiger partial charge >= 0.3 is 5.97 Å². The Balaban J connectivity index is 1.57. The van der Waals surface area contributed by atoms with Crippen molar-refractivity contribution in [3.63, 3.8) is 0 Å². The summed E-state index contributed by atoms with van der Waals surface area (Å²) < 4.78 is 4.63. The summed E-state index contributed by atoms with van der Waals surface area (Å²) in [5.41, 5.74) is 2.03. The molecule has 212 valence electrons. The van der Waals surface area contributed by atoms with Gasteiger partial charge in [-0.05, 0) is 18.1 Å². The van der Waals surface area contributed by atoms with Crippen molar-refractivity contribution in [1.82, 2.24) is 36.2 Å². The van der Waals surface area contributed by atoms with E-state index in [1.807, 2.05) is 24.3 Å². The number of aliphatic hydroxyl groups excluding tert-OH is 1. The van der Waals surface area contributed by atoms with Gasteiger partial charge in [-0.1, -0.05) is 18.2 Å². The molecule has 14 heteroatoms. The minimum absolute atomic E-state index is 0.00455. The lowest BCUT2D eigenvalue weighted by Crippen LogP contribution is -2.58. The van der Waals surface area contributed by atoms with Gasteiger partial charge in [-0.25, -0.2) is 9.78 Å². The number of hydrogen-bond acceptors (Lipinski definition) is 8. The van der Waals surface area contributed by atoms with E-state index in [-0.39, 0.29) is 25.2 Å². The maximum atomic E-state index is 13.6. The molecule has 2 aromatic heterocycles. The number of fused-ring (bicyclic) bond motifs is 1. The van der Waals surface area contributed by atoms with Gasteiger partial charge in [0.15, 0.2) is 6.04 Å². The Hall–Kier alpha value is -4.72. The number of nitrogens with one attached hydrogen (secondary N) is 6. The fourth-order valence-corrected chi connectivity index (χ4v) is 4.50. The van der Waals surface area contributed by atoms with Crippen LogP contribution < -0.4 is 21.3 Å². The number of benzene rings is 1. The Kier molecular flexibility index (Phi) is 9.11. The lowest BCUT2D eigenvalue weighted by Gasteiger charge is -2.25. The lowest BCUT2D eigenvalue weighted by molar-refractivity contribution is -0.146. The van der Waals surface area contributed by atoms with E-state index in [4.69, 9.17) is 0 Å². The van der Waals surface area contributed by atoms with Crippen molar-refractivity contribution >= 4 is 40.5 Å². The number of carbonyl (C=O) groups is 5. The predicted octanol–water partition coefficient (Wildman–Crippen LogP) is -1.43. The van der Waals surface area contributed by atoms with E-state index in [2.05, 4.69) is 41.0 Å². The zero-order valence-corrected chi connectivity index (χ0v) is 21.7.